The van der Waals surface area contributed by atoms with Crippen LogP contribution in [-0.2, 0) is 17.8 Å². The maximum Gasteiger partial charge on any atom is 0.244 e. The van der Waals surface area contributed by atoms with Gasteiger partial charge in [0.05, 0.1) is 23.7 Å². The summed E-state index contributed by atoms with van der Waals surface area (Å²) in [7, 11) is 0. The van der Waals surface area contributed by atoms with Crippen LogP contribution in [0.4, 0.5) is 0 Å². The number of nitrogens with zero attached hydrogens (tertiary/aromatic N) is 1. The molecule has 0 saturated carbocycles. The maximum absolute atomic E-state index is 12.1. The number of amides is 1. The number of benzene rings is 4. The fraction of sp³-hybridized carbons (Fsp3) is 0.143. The van der Waals surface area contributed by atoms with E-state index < -0.39 is 0 Å². The van der Waals surface area contributed by atoms with Crippen molar-refractivity contribution in [3.63, 3.8) is 0 Å². The normalized spacial score (nSPS) is 11.0. The Morgan fingerprint density at radius 3 is 2.56 bits per heavy atom. The van der Waals surface area contributed by atoms with Crippen molar-refractivity contribution in [2.75, 3.05) is 6.61 Å². The van der Waals surface area contributed by atoms with Crippen molar-refractivity contribution >= 4 is 38.8 Å². The van der Waals surface area contributed by atoms with Gasteiger partial charge in [-0.3, -0.25) is 4.79 Å². The Kier molecular flexibility index (Phi) is 7.94. The molecule has 1 N–H and O–H groups in total. The summed E-state index contributed by atoms with van der Waals surface area (Å²) >= 11 is 3.60. The summed E-state index contributed by atoms with van der Waals surface area (Å²) in [4.78, 5) is 12.1. The third kappa shape index (κ3) is 6.02. The number of halogens is 1. The Hall–Kier alpha value is -3.64. The van der Waals surface area contributed by atoms with E-state index in [1.54, 1.807) is 6.21 Å². The molecule has 34 heavy (non-hydrogen) atoms. The first-order valence-electron chi connectivity index (χ1n) is 11.1. The third-order valence-corrected chi connectivity index (χ3v) is 5.78. The van der Waals surface area contributed by atoms with Gasteiger partial charge in [-0.15, -0.1) is 0 Å². The fourth-order valence-electron chi connectivity index (χ4n) is 3.63. The smallest absolute Gasteiger partial charge is 0.244 e. The average molecular weight is 517 g/mol. The van der Waals surface area contributed by atoms with Gasteiger partial charge in [-0.25, -0.2) is 5.43 Å². The van der Waals surface area contributed by atoms with Crippen molar-refractivity contribution in [1.29, 1.82) is 0 Å². The first kappa shape index (κ1) is 23.5. The lowest BCUT2D eigenvalue weighted by Crippen LogP contribution is -2.19. The first-order chi connectivity index (χ1) is 16.6. The Morgan fingerprint density at radius 2 is 1.74 bits per heavy atom. The van der Waals surface area contributed by atoms with Gasteiger partial charge in [0.15, 0.2) is 11.5 Å². The van der Waals surface area contributed by atoms with E-state index in [2.05, 4.69) is 50.7 Å². The second-order valence-corrected chi connectivity index (χ2v) is 8.50. The Labute approximate surface area is 207 Å². The van der Waals surface area contributed by atoms with E-state index in [0.717, 1.165) is 26.5 Å². The molecule has 4 aromatic carbocycles. The molecule has 0 fully saturated rings. The van der Waals surface area contributed by atoms with Crippen LogP contribution in [0.3, 0.4) is 0 Å². The van der Waals surface area contributed by atoms with E-state index in [1.165, 1.54) is 5.39 Å². The number of hydrazone groups is 1. The lowest BCUT2D eigenvalue weighted by molar-refractivity contribution is -0.120. The van der Waals surface area contributed by atoms with Gasteiger partial charge in [0.1, 0.15) is 6.61 Å². The number of hydrogen-bond acceptors (Lipinski definition) is 4. The van der Waals surface area contributed by atoms with Crippen molar-refractivity contribution in [2.45, 2.75) is 20.0 Å². The summed E-state index contributed by atoms with van der Waals surface area (Å²) in [5.41, 5.74) is 5.37. The van der Waals surface area contributed by atoms with Crippen LogP contribution in [0.2, 0.25) is 0 Å². The van der Waals surface area contributed by atoms with Gasteiger partial charge in [-0.05, 0) is 62.4 Å². The van der Waals surface area contributed by atoms with Gasteiger partial charge >= 0.3 is 0 Å². The number of nitrogens with one attached hydrogen (secondary N) is 1. The molecular formula is C28H25BrN2O3. The van der Waals surface area contributed by atoms with Crippen molar-refractivity contribution in [3.8, 4) is 11.5 Å². The predicted octanol–water partition coefficient (Wildman–Crippen LogP) is 6.27. The van der Waals surface area contributed by atoms with Gasteiger partial charge in [-0.1, -0.05) is 72.8 Å². The summed E-state index contributed by atoms with van der Waals surface area (Å²) in [5.74, 6) is 1.05. The topological polar surface area (TPSA) is 59.9 Å². The molecule has 1 amide bonds. The lowest BCUT2D eigenvalue weighted by Gasteiger charge is -2.15. The lowest BCUT2D eigenvalue weighted by atomic mass is 10.1. The van der Waals surface area contributed by atoms with Crippen molar-refractivity contribution in [3.05, 3.63) is 106 Å². The summed E-state index contributed by atoms with van der Waals surface area (Å²) in [6.07, 6.45) is 1.86. The van der Waals surface area contributed by atoms with Crippen molar-refractivity contribution in [1.82, 2.24) is 5.43 Å². The second kappa shape index (κ2) is 11.5. The van der Waals surface area contributed by atoms with Crippen molar-refractivity contribution < 1.29 is 14.3 Å². The van der Waals surface area contributed by atoms with E-state index in [0.29, 0.717) is 24.7 Å². The average Bonchev–Trinajstić information content (AvgIpc) is 2.84. The van der Waals surface area contributed by atoms with Gasteiger partial charge in [0.25, 0.3) is 0 Å². The monoisotopic (exact) mass is 516 g/mol. The molecule has 172 valence electrons. The molecule has 4 aromatic rings. The molecule has 0 atom stereocenters. The number of carbonyl (C=O) groups is 1. The number of carbonyl (C=O) groups excluding carboxylic acids is 1. The minimum absolute atomic E-state index is 0.179. The molecular weight excluding hydrogens is 492 g/mol. The molecule has 0 unspecified atom stereocenters. The fourth-order valence-corrected chi connectivity index (χ4v) is 4.21. The van der Waals surface area contributed by atoms with Gasteiger partial charge in [0, 0.05) is 0 Å². The highest BCUT2D eigenvalue weighted by Crippen LogP contribution is 2.37. The second-order valence-electron chi connectivity index (χ2n) is 7.65. The van der Waals surface area contributed by atoms with Gasteiger partial charge in [-0.2, -0.15) is 5.10 Å². The largest absolute Gasteiger partial charge is 0.490 e. The van der Waals surface area contributed by atoms with Crippen LogP contribution < -0.4 is 14.9 Å². The Balaban J connectivity index is 1.46. The number of ether oxygens (including phenoxy) is 2. The zero-order valence-corrected chi connectivity index (χ0v) is 20.4. The maximum atomic E-state index is 12.1. The highest BCUT2D eigenvalue weighted by Gasteiger charge is 2.13. The molecule has 5 nitrogen and oxygen atoms in total. The summed E-state index contributed by atoms with van der Waals surface area (Å²) in [5, 5.41) is 6.43. The molecule has 6 heteroatoms. The van der Waals surface area contributed by atoms with Gasteiger partial charge in [0.2, 0.25) is 5.91 Å². The van der Waals surface area contributed by atoms with Crippen LogP contribution in [0.25, 0.3) is 10.8 Å². The molecule has 0 bridgehead atoms. The number of rotatable bonds is 9. The number of fused-ring (bicyclic) bond motifs is 1. The quantitative estimate of drug-likeness (QED) is 0.210. The molecule has 0 saturated heterocycles. The summed E-state index contributed by atoms with van der Waals surface area (Å²) in [6.45, 7) is 2.82. The van der Waals surface area contributed by atoms with Crippen LogP contribution >= 0.6 is 15.9 Å². The summed E-state index contributed by atoms with van der Waals surface area (Å²) in [6, 6.07) is 27.7. The van der Waals surface area contributed by atoms with Crippen LogP contribution in [0.15, 0.2) is 94.5 Å². The zero-order valence-electron chi connectivity index (χ0n) is 18.8. The molecule has 0 aliphatic carbocycles. The first-order valence-corrected chi connectivity index (χ1v) is 11.8. The predicted molar refractivity (Wildman–Crippen MR) is 139 cm³/mol. The highest BCUT2D eigenvalue weighted by molar-refractivity contribution is 9.10. The van der Waals surface area contributed by atoms with Crippen LogP contribution in [0, 0.1) is 0 Å². The van der Waals surface area contributed by atoms with E-state index in [1.807, 2.05) is 67.6 Å². The molecule has 0 heterocycles. The molecule has 0 aliphatic rings. The molecule has 4 rings (SSSR count). The van der Waals surface area contributed by atoms with Crippen molar-refractivity contribution in [2.24, 2.45) is 5.10 Å². The van der Waals surface area contributed by atoms with E-state index in [-0.39, 0.29) is 12.3 Å². The highest BCUT2D eigenvalue weighted by atomic mass is 79.9. The molecule has 0 aromatic heterocycles. The minimum Gasteiger partial charge on any atom is -0.490 e. The Bertz CT molecular complexity index is 1300. The number of hydrogen-bond donors (Lipinski definition) is 1. The van der Waals surface area contributed by atoms with E-state index in [9.17, 15) is 4.79 Å². The zero-order chi connectivity index (χ0) is 23.8. The minimum atomic E-state index is -0.179. The Morgan fingerprint density at radius 1 is 0.971 bits per heavy atom. The SMILES string of the molecule is CCOc1cc(/C=N\NC(=O)Cc2ccccc2)cc(Br)c1OCc1cccc2ccccc12. The molecule has 0 radical (unpaired) electrons. The standard InChI is InChI=1S/C28H25BrN2O3/c1-2-33-26-16-21(18-30-31-27(32)17-20-9-4-3-5-10-20)15-25(29)28(26)34-19-23-13-8-12-22-11-6-7-14-24(22)23/h3-16,18H,2,17,19H2,1H3,(H,31,32)/b30-18-. The van der Waals surface area contributed by atoms with E-state index in [4.69, 9.17) is 9.47 Å². The molecule has 0 spiro atoms. The third-order valence-electron chi connectivity index (χ3n) is 5.19. The van der Waals surface area contributed by atoms with Gasteiger partial charge < -0.3 is 9.47 Å². The van der Waals surface area contributed by atoms with E-state index >= 15 is 0 Å². The summed E-state index contributed by atoms with van der Waals surface area (Å²) < 4.78 is 12.8. The van der Waals surface area contributed by atoms with Crippen LogP contribution in [0.5, 0.6) is 11.5 Å². The molecule has 0 aliphatic heterocycles. The van der Waals surface area contributed by atoms with Crippen LogP contribution in [-0.4, -0.2) is 18.7 Å². The van der Waals surface area contributed by atoms with Crippen LogP contribution in [0.1, 0.15) is 23.6 Å².